The van der Waals surface area contributed by atoms with Gasteiger partial charge in [0.2, 0.25) is 0 Å². The number of carboxylic acids is 1. The van der Waals surface area contributed by atoms with E-state index in [2.05, 4.69) is 0 Å². The van der Waals surface area contributed by atoms with Crippen LogP contribution >= 0.6 is 0 Å². The summed E-state index contributed by atoms with van der Waals surface area (Å²) in [4.78, 5) is 10.4. The Bertz CT molecular complexity index is 432. The molecule has 0 bridgehead atoms. The molecular formula is C10H6FNO2. The summed E-state index contributed by atoms with van der Waals surface area (Å²) in [5.74, 6) is -1.84. The summed E-state index contributed by atoms with van der Waals surface area (Å²) in [6.07, 6.45) is 2.40. The van der Waals surface area contributed by atoms with E-state index in [-0.39, 0.29) is 11.1 Å². The third-order valence-electron chi connectivity index (χ3n) is 1.58. The molecule has 0 aliphatic heterocycles. The smallest absolute Gasteiger partial charge is 0.335 e. The van der Waals surface area contributed by atoms with Gasteiger partial charge in [-0.1, -0.05) is 6.07 Å². The minimum atomic E-state index is -1.18. The molecule has 1 aromatic carbocycles. The van der Waals surface area contributed by atoms with Crippen molar-refractivity contribution in [2.24, 2.45) is 0 Å². The van der Waals surface area contributed by atoms with Gasteiger partial charge in [0.15, 0.2) is 0 Å². The summed E-state index contributed by atoms with van der Waals surface area (Å²) in [5.41, 5.74) is 0.0770. The molecule has 0 atom stereocenters. The van der Waals surface area contributed by atoms with Crippen LogP contribution in [0.2, 0.25) is 0 Å². The first-order valence-electron chi connectivity index (χ1n) is 3.74. The fraction of sp³-hybridized carbons (Fsp3) is 0. The lowest BCUT2D eigenvalue weighted by atomic mass is 10.1. The summed E-state index contributed by atoms with van der Waals surface area (Å²) in [6.45, 7) is 0. The molecular weight excluding hydrogens is 185 g/mol. The summed E-state index contributed by atoms with van der Waals surface area (Å²) < 4.78 is 13.1. The summed E-state index contributed by atoms with van der Waals surface area (Å²) in [6, 6.07) is 5.23. The van der Waals surface area contributed by atoms with Gasteiger partial charge in [0.1, 0.15) is 5.82 Å². The normalized spacial score (nSPS) is 10.0. The number of hydrogen-bond donors (Lipinski definition) is 1. The van der Waals surface area contributed by atoms with Crippen molar-refractivity contribution in [3.63, 3.8) is 0 Å². The predicted octanol–water partition coefficient (Wildman–Crippen LogP) is 2.06. The largest absolute Gasteiger partial charge is 0.478 e. The molecule has 3 nitrogen and oxygen atoms in total. The molecule has 1 aromatic rings. The van der Waals surface area contributed by atoms with Crippen molar-refractivity contribution in [3.8, 4) is 6.07 Å². The monoisotopic (exact) mass is 191 g/mol. The average Bonchev–Trinajstić information content (AvgIpc) is 2.15. The Labute approximate surface area is 79.7 Å². The van der Waals surface area contributed by atoms with E-state index in [9.17, 15) is 9.18 Å². The van der Waals surface area contributed by atoms with Crippen molar-refractivity contribution in [3.05, 3.63) is 41.2 Å². The third kappa shape index (κ3) is 2.17. The van der Waals surface area contributed by atoms with E-state index in [0.717, 1.165) is 12.1 Å². The Hall–Kier alpha value is -2.15. The number of carboxylic acid groups (broad SMARTS) is 1. The van der Waals surface area contributed by atoms with Crippen molar-refractivity contribution in [1.82, 2.24) is 0 Å². The van der Waals surface area contributed by atoms with E-state index in [1.54, 1.807) is 6.07 Å². The molecule has 0 aliphatic carbocycles. The number of aromatic carboxylic acids is 1. The fourth-order valence-corrected chi connectivity index (χ4v) is 0.922. The van der Waals surface area contributed by atoms with E-state index in [1.807, 2.05) is 0 Å². The number of allylic oxidation sites excluding steroid dienone is 1. The lowest BCUT2D eigenvalue weighted by Gasteiger charge is -1.97. The molecule has 0 saturated carbocycles. The van der Waals surface area contributed by atoms with Crippen LogP contribution < -0.4 is 0 Å². The second kappa shape index (κ2) is 4.19. The first kappa shape index (κ1) is 9.93. The second-order valence-corrected chi connectivity index (χ2v) is 2.50. The number of rotatable bonds is 2. The molecule has 14 heavy (non-hydrogen) atoms. The molecule has 0 radical (unpaired) electrons. The molecule has 0 amide bonds. The third-order valence-corrected chi connectivity index (χ3v) is 1.58. The molecule has 0 aliphatic rings. The van der Waals surface area contributed by atoms with Crippen molar-refractivity contribution in [2.75, 3.05) is 0 Å². The Morgan fingerprint density at radius 2 is 2.29 bits per heavy atom. The summed E-state index contributed by atoms with van der Waals surface area (Å²) in [5, 5.41) is 16.7. The highest BCUT2D eigenvalue weighted by Crippen LogP contribution is 2.11. The lowest BCUT2D eigenvalue weighted by Crippen LogP contribution is -1.97. The zero-order chi connectivity index (χ0) is 10.6. The van der Waals surface area contributed by atoms with E-state index in [4.69, 9.17) is 10.4 Å². The lowest BCUT2D eigenvalue weighted by molar-refractivity contribution is 0.0696. The minimum Gasteiger partial charge on any atom is -0.478 e. The number of nitrogens with zero attached hydrogens (tertiary/aromatic N) is 1. The minimum absolute atomic E-state index is 0.114. The maximum Gasteiger partial charge on any atom is 0.335 e. The highest BCUT2D eigenvalue weighted by Gasteiger charge is 2.05. The van der Waals surface area contributed by atoms with Crippen molar-refractivity contribution < 1.29 is 14.3 Å². The number of nitriles is 1. The van der Waals surface area contributed by atoms with Crippen LogP contribution in [-0.4, -0.2) is 11.1 Å². The molecule has 70 valence electrons. The van der Waals surface area contributed by atoms with Crippen molar-refractivity contribution in [2.45, 2.75) is 0 Å². The van der Waals surface area contributed by atoms with E-state index in [1.165, 1.54) is 18.2 Å². The van der Waals surface area contributed by atoms with Gasteiger partial charge in [-0.15, -0.1) is 0 Å². The fourth-order valence-electron chi connectivity index (χ4n) is 0.922. The molecule has 0 heterocycles. The van der Waals surface area contributed by atoms with Crippen LogP contribution in [-0.2, 0) is 0 Å². The van der Waals surface area contributed by atoms with Gasteiger partial charge < -0.3 is 5.11 Å². The Kier molecular flexibility index (Phi) is 2.97. The van der Waals surface area contributed by atoms with Crippen molar-refractivity contribution in [1.29, 1.82) is 5.26 Å². The molecule has 0 unspecified atom stereocenters. The highest BCUT2D eigenvalue weighted by atomic mass is 19.1. The molecule has 0 aromatic heterocycles. The van der Waals surface area contributed by atoms with Gasteiger partial charge in [-0.25, -0.2) is 9.18 Å². The van der Waals surface area contributed by atoms with Crippen LogP contribution in [0.15, 0.2) is 24.3 Å². The molecule has 1 rings (SSSR count). The van der Waals surface area contributed by atoms with Gasteiger partial charge in [-0.05, 0) is 18.2 Å². The van der Waals surface area contributed by atoms with Crippen LogP contribution in [0.1, 0.15) is 15.9 Å². The van der Waals surface area contributed by atoms with E-state index in [0.29, 0.717) is 0 Å². The van der Waals surface area contributed by atoms with E-state index >= 15 is 0 Å². The molecule has 0 spiro atoms. The standard InChI is InChI=1S/C10H6FNO2/c11-9-6-8(10(13)14)4-3-7(9)2-1-5-12/h1-4,6H,(H,13,14). The first-order chi connectivity index (χ1) is 6.65. The van der Waals surface area contributed by atoms with Gasteiger partial charge in [0, 0.05) is 11.6 Å². The molecule has 1 N–H and O–H groups in total. The summed E-state index contributed by atoms with van der Waals surface area (Å²) in [7, 11) is 0. The van der Waals surface area contributed by atoms with Gasteiger partial charge in [0.05, 0.1) is 11.6 Å². The van der Waals surface area contributed by atoms with Crippen LogP contribution in [0.25, 0.3) is 6.08 Å². The Morgan fingerprint density at radius 3 is 2.79 bits per heavy atom. The average molecular weight is 191 g/mol. The van der Waals surface area contributed by atoms with Crippen LogP contribution in [0.4, 0.5) is 4.39 Å². The number of halogens is 1. The topological polar surface area (TPSA) is 61.1 Å². The van der Waals surface area contributed by atoms with E-state index < -0.39 is 11.8 Å². The van der Waals surface area contributed by atoms with Gasteiger partial charge in [-0.2, -0.15) is 5.26 Å². The molecule has 0 saturated heterocycles. The molecule has 0 fully saturated rings. The predicted molar refractivity (Wildman–Crippen MR) is 48.0 cm³/mol. The zero-order valence-corrected chi connectivity index (χ0v) is 7.07. The highest BCUT2D eigenvalue weighted by molar-refractivity contribution is 5.87. The molecule has 4 heteroatoms. The quantitative estimate of drug-likeness (QED) is 0.728. The van der Waals surface area contributed by atoms with Gasteiger partial charge in [0.25, 0.3) is 0 Å². The number of benzene rings is 1. The van der Waals surface area contributed by atoms with Gasteiger partial charge >= 0.3 is 5.97 Å². The van der Waals surface area contributed by atoms with Crippen LogP contribution in [0.5, 0.6) is 0 Å². The number of hydrogen-bond acceptors (Lipinski definition) is 2. The Morgan fingerprint density at radius 1 is 1.57 bits per heavy atom. The Balaban J connectivity index is 3.09. The second-order valence-electron chi connectivity index (χ2n) is 2.50. The summed E-state index contributed by atoms with van der Waals surface area (Å²) >= 11 is 0. The zero-order valence-electron chi connectivity index (χ0n) is 7.07. The first-order valence-corrected chi connectivity index (χ1v) is 3.74. The maximum absolute atomic E-state index is 13.1. The SMILES string of the molecule is N#CC=Cc1ccc(C(=O)O)cc1F. The van der Waals surface area contributed by atoms with Gasteiger partial charge in [-0.3, -0.25) is 0 Å². The van der Waals surface area contributed by atoms with Crippen LogP contribution in [0.3, 0.4) is 0 Å². The maximum atomic E-state index is 13.1. The number of carbonyl (C=O) groups is 1. The van der Waals surface area contributed by atoms with Crippen molar-refractivity contribution >= 4 is 12.0 Å². The van der Waals surface area contributed by atoms with Crippen LogP contribution in [0, 0.1) is 17.1 Å².